The number of esters is 1. The van der Waals surface area contributed by atoms with E-state index in [1.54, 1.807) is 11.8 Å². The molecule has 2 heterocycles. The van der Waals surface area contributed by atoms with E-state index in [4.69, 9.17) is 4.74 Å². The zero-order valence-corrected chi connectivity index (χ0v) is 12.5. The van der Waals surface area contributed by atoms with Crippen molar-refractivity contribution >= 4 is 23.4 Å². The van der Waals surface area contributed by atoms with Gasteiger partial charge in [-0.3, -0.25) is 4.79 Å². The highest BCUT2D eigenvalue weighted by molar-refractivity contribution is 8.00. The van der Waals surface area contributed by atoms with E-state index in [2.05, 4.69) is 47.2 Å². The first-order valence-electron chi connectivity index (χ1n) is 6.85. The maximum atomic E-state index is 11.5. The number of ether oxygens (including phenoxy) is 1. The predicted molar refractivity (Wildman–Crippen MR) is 80.0 cm³/mol. The molecule has 0 fully saturated rings. The molecule has 1 unspecified atom stereocenters. The Morgan fingerprint density at radius 2 is 2.20 bits per heavy atom. The van der Waals surface area contributed by atoms with Gasteiger partial charge in [-0.1, -0.05) is 30.8 Å². The number of para-hydroxylation sites is 1. The molecular formula is C15H18N2O2S. The SMILES string of the molecule is CCCC(=O)OCN1C(C)=CN2c3ccccc3SC12. The fourth-order valence-corrected chi connectivity index (χ4v) is 3.76. The molecule has 2 aliphatic rings. The molecule has 0 spiro atoms. The number of fused-ring (bicyclic) bond motifs is 3. The summed E-state index contributed by atoms with van der Waals surface area (Å²) in [6, 6.07) is 8.35. The van der Waals surface area contributed by atoms with Crippen molar-refractivity contribution in [1.29, 1.82) is 0 Å². The third kappa shape index (κ3) is 2.26. The van der Waals surface area contributed by atoms with Gasteiger partial charge < -0.3 is 14.5 Å². The van der Waals surface area contributed by atoms with Crippen molar-refractivity contribution in [2.75, 3.05) is 11.6 Å². The number of hydrogen-bond donors (Lipinski definition) is 0. The van der Waals surface area contributed by atoms with Crippen LogP contribution in [0, 0.1) is 0 Å². The zero-order chi connectivity index (χ0) is 14.1. The van der Waals surface area contributed by atoms with Gasteiger partial charge in [-0.05, 0) is 25.5 Å². The highest BCUT2D eigenvalue weighted by Gasteiger charge is 2.38. The number of rotatable bonds is 4. The van der Waals surface area contributed by atoms with Gasteiger partial charge in [0.2, 0.25) is 0 Å². The van der Waals surface area contributed by atoms with Crippen LogP contribution in [0.15, 0.2) is 41.1 Å². The Balaban J connectivity index is 1.71. The number of carbonyl (C=O) groups excluding carboxylic acids is 1. The molecule has 5 heteroatoms. The van der Waals surface area contributed by atoms with E-state index >= 15 is 0 Å². The van der Waals surface area contributed by atoms with Crippen LogP contribution in [0.3, 0.4) is 0 Å². The van der Waals surface area contributed by atoms with E-state index in [0.29, 0.717) is 13.2 Å². The number of allylic oxidation sites excluding steroid dienone is 1. The van der Waals surface area contributed by atoms with Crippen LogP contribution in [0.5, 0.6) is 0 Å². The second-order valence-corrected chi connectivity index (χ2v) is 6.05. The number of hydrogen-bond acceptors (Lipinski definition) is 5. The number of benzene rings is 1. The number of carbonyl (C=O) groups is 1. The summed E-state index contributed by atoms with van der Waals surface area (Å²) in [5, 5.41) is 0. The van der Waals surface area contributed by atoms with Crippen LogP contribution in [0.25, 0.3) is 0 Å². The molecule has 20 heavy (non-hydrogen) atoms. The van der Waals surface area contributed by atoms with Gasteiger partial charge in [-0.2, -0.15) is 0 Å². The maximum absolute atomic E-state index is 11.5. The summed E-state index contributed by atoms with van der Waals surface area (Å²) >= 11 is 1.79. The van der Waals surface area contributed by atoms with Crippen LogP contribution in [0.4, 0.5) is 5.69 Å². The van der Waals surface area contributed by atoms with E-state index in [1.807, 2.05) is 6.92 Å². The highest BCUT2D eigenvalue weighted by Crippen LogP contribution is 2.48. The quantitative estimate of drug-likeness (QED) is 0.794. The molecule has 106 valence electrons. The molecule has 0 N–H and O–H groups in total. The van der Waals surface area contributed by atoms with E-state index < -0.39 is 0 Å². The van der Waals surface area contributed by atoms with Crippen molar-refractivity contribution in [2.24, 2.45) is 0 Å². The first-order chi connectivity index (χ1) is 9.70. The molecule has 0 amide bonds. The van der Waals surface area contributed by atoms with Gasteiger partial charge in [-0.25, -0.2) is 0 Å². The molecule has 0 saturated heterocycles. The van der Waals surface area contributed by atoms with E-state index in [1.165, 1.54) is 10.6 Å². The molecule has 0 saturated carbocycles. The lowest BCUT2D eigenvalue weighted by molar-refractivity contribution is -0.147. The van der Waals surface area contributed by atoms with Crippen LogP contribution >= 0.6 is 11.8 Å². The summed E-state index contributed by atoms with van der Waals surface area (Å²) in [6.07, 6.45) is 3.43. The maximum Gasteiger partial charge on any atom is 0.307 e. The van der Waals surface area contributed by atoms with E-state index in [0.717, 1.165) is 12.1 Å². The molecule has 0 bridgehead atoms. The number of thioether (sulfide) groups is 1. The van der Waals surface area contributed by atoms with Gasteiger partial charge in [0.05, 0.1) is 5.69 Å². The van der Waals surface area contributed by atoms with Crippen LogP contribution in [0.2, 0.25) is 0 Å². The Hall–Kier alpha value is -1.62. The summed E-state index contributed by atoms with van der Waals surface area (Å²) in [5.41, 5.74) is 2.52. The monoisotopic (exact) mass is 290 g/mol. The topological polar surface area (TPSA) is 32.8 Å². The van der Waals surface area contributed by atoms with Crippen molar-refractivity contribution in [3.63, 3.8) is 0 Å². The summed E-state index contributed by atoms with van der Waals surface area (Å²) in [6.45, 7) is 4.35. The van der Waals surface area contributed by atoms with Gasteiger partial charge >= 0.3 is 5.97 Å². The van der Waals surface area contributed by atoms with Crippen LogP contribution in [-0.4, -0.2) is 23.1 Å². The largest absolute Gasteiger partial charge is 0.444 e. The molecule has 1 aromatic rings. The first-order valence-corrected chi connectivity index (χ1v) is 7.73. The first kappa shape index (κ1) is 13.4. The Labute approximate surface area is 123 Å². The van der Waals surface area contributed by atoms with Gasteiger partial charge in [-0.15, -0.1) is 0 Å². The average molecular weight is 290 g/mol. The standard InChI is InChI=1S/C15H18N2O2S/c1-3-6-14(18)19-10-17-11(2)9-16-12-7-4-5-8-13(12)20-15(16)17/h4-5,7-9,15H,3,6,10H2,1-2H3. The Morgan fingerprint density at radius 3 is 3.00 bits per heavy atom. The smallest absolute Gasteiger partial charge is 0.307 e. The highest BCUT2D eigenvalue weighted by atomic mass is 32.2. The molecule has 0 aliphatic carbocycles. The summed E-state index contributed by atoms with van der Waals surface area (Å²) in [4.78, 5) is 17.2. The molecular weight excluding hydrogens is 272 g/mol. The molecule has 1 aromatic carbocycles. The molecule has 3 rings (SSSR count). The molecule has 4 nitrogen and oxygen atoms in total. The van der Waals surface area contributed by atoms with Crippen LogP contribution in [-0.2, 0) is 9.53 Å². The lowest BCUT2D eigenvalue weighted by atomic mass is 10.3. The fourth-order valence-electron chi connectivity index (χ4n) is 2.44. The summed E-state index contributed by atoms with van der Waals surface area (Å²) in [7, 11) is 0. The Kier molecular flexibility index (Phi) is 3.61. The fraction of sp³-hybridized carbons (Fsp3) is 0.400. The third-order valence-corrected chi connectivity index (χ3v) is 4.77. The Morgan fingerprint density at radius 1 is 1.40 bits per heavy atom. The molecule has 2 aliphatic heterocycles. The van der Waals surface area contributed by atoms with Crippen molar-refractivity contribution in [2.45, 2.75) is 37.1 Å². The number of nitrogens with zero attached hydrogens (tertiary/aromatic N) is 2. The van der Waals surface area contributed by atoms with Gasteiger partial charge in [0.15, 0.2) is 12.2 Å². The van der Waals surface area contributed by atoms with Crippen molar-refractivity contribution < 1.29 is 9.53 Å². The van der Waals surface area contributed by atoms with Gasteiger partial charge in [0.25, 0.3) is 0 Å². The van der Waals surface area contributed by atoms with E-state index in [9.17, 15) is 4.79 Å². The van der Waals surface area contributed by atoms with Crippen LogP contribution < -0.4 is 4.90 Å². The van der Waals surface area contributed by atoms with Crippen molar-refractivity contribution in [1.82, 2.24) is 4.90 Å². The minimum atomic E-state index is -0.126. The second kappa shape index (κ2) is 5.40. The van der Waals surface area contributed by atoms with Crippen molar-refractivity contribution in [3.8, 4) is 0 Å². The molecule has 0 radical (unpaired) electrons. The van der Waals surface area contributed by atoms with Crippen LogP contribution in [0.1, 0.15) is 26.7 Å². The average Bonchev–Trinajstić information content (AvgIpc) is 2.92. The second-order valence-electron chi connectivity index (χ2n) is 4.95. The summed E-state index contributed by atoms with van der Waals surface area (Å²) in [5.74, 6) is -0.126. The predicted octanol–water partition coefficient (Wildman–Crippen LogP) is 3.36. The van der Waals surface area contributed by atoms with Gasteiger partial charge in [0.1, 0.15) is 0 Å². The lowest BCUT2D eigenvalue weighted by Gasteiger charge is -2.27. The summed E-state index contributed by atoms with van der Waals surface area (Å²) < 4.78 is 5.35. The Bertz CT molecular complexity index is 559. The normalized spacial score (nSPS) is 19.7. The lowest BCUT2D eigenvalue weighted by Crippen LogP contribution is -2.36. The van der Waals surface area contributed by atoms with E-state index in [-0.39, 0.29) is 11.5 Å². The minimum Gasteiger partial charge on any atom is -0.444 e. The third-order valence-electron chi connectivity index (χ3n) is 3.48. The minimum absolute atomic E-state index is 0.126. The molecule has 1 atom stereocenters. The number of anilines is 1. The van der Waals surface area contributed by atoms with Crippen molar-refractivity contribution in [3.05, 3.63) is 36.2 Å². The van der Waals surface area contributed by atoms with Gasteiger partial charge in [0, 0.05) is 23.2 Å². The zero-order valence-electron chi connectivity index (χ0n) is 11.7. The molecule has 0 aromatic heterocycles.